The summed E-state index contributed by atoms with van der Waals surface area (Å²) in [7, 11) is 1.53. The molecule has 1 atom stereocenters. The molecule has 0 aromatic heterocycles. The summed E-state index contributed by atoms with van der Waals surface area (Å²) in [6, 6.07) is 5.05. The van der Waals surface area contributed by atoms with Gasteiger partial charge in [0.1, 0.15) is 5.75 Å². The summed E-state index contributed by atoms with van der Waals surface area (Å²) < 4.78 is 5.05. The van der Waals surface area contributed by atoms with Crippen LogP contribution in [0.4, 0.5) is 0 Å². The van der Waals surface area contributed by atoms with Crippen molar-refractivity contribution in [3.8, 4) is 5.75 Å². The first-order valence-corrected chi connectivity index (χ1v) is 4.28. The zero-order valence-corrected chi connectivity index (χ0v) is 8.08. The van der Waals surface area contributed by atoms with Gasteiger partial charge in [0, 0.05) is 17.1 Å². The van der Waals surface area contributed by atoms with Gasteiger partial charge in [-0.15, -0.1) is 0 Å². The molecule has 0 aliphatic carbocycles. The SMILES string of the molecule is COc1cc(Cl)ccc1[C@@H](O)CN. The summed E-state index contributed by atoms with van der Waals surface area (Å²) in [5, 5.41) is 10.1. The van der Waals surface area contributed by atoms with Crippen LogP contribution in [0.5, 0.6) is 5.75 Å². The van der Waals surface area contributed by atoms with Crippen molar-refractivity contribution in [3.05, 3.63) is 28.8 Å². The Balaban J connectivity index is 3.05. The molecule has 0 aliphatic rings. The van der Waals surface area contributed by atoms with Gasteiger partial charge in [0.25, 0.3) is 0 Å². The van der Waals surface area contributed by atoms with Crippen molar-refractivity contribution in [3.63, 3.8) is 0 Å². The molecule has 0 unspecified atom stereocenters. The molecule has 0 saturated carbocycles. The van der Waals surface area contributed by atoms with Crippen LogP contribution in [-0.2, 0) is 0 Å². The quantitative estimate of drug-likeness (QED) is 0.776. The lowest BCUT2D eigenvalue weighted by atomic mass is 10.1. The van der Waals surface area contributed by atoms with E-state index >= 15 is 0 Å². The van der Waals surface area contributed by atoms with Gasteiger partial charge in [0.2, 0.25) is 0 Å². The molecular formula is C9H12ClNO2. The van der Waals surface area contributed by atoms with Crippen LogP contribution >= 0.6 is 11.6 Å². The molecule has 1 rings (SSSR count). The van der Waals surface area contributed by atoms with Crippen LogP contribution < -0.4 is 10.5 Å². The summed E-state index contributed by atoms with van der Waals surface area (Å²) in [5.74, 6) is 0.561. The highest BCUT2D eigenvalue weighted by Gasteiger charge is 2.11. The van der Waals surface area contributed by atoms with E-state index in [4.69, 9.17) is 22.1 Å². The largest absolute Gasteiger partial charge is 0.496 e. The van der Waals surface area contributed by atoms with Gasteiger partial charge in [-0.2, -0.15) is 0 Å². The summed E-state index contributed by atoms with van der Waals surface area (Å²) in [6.45, 7) is 0.165. The van der Waals surface area contributed by atoms with E-state index in [2.05, 4.69) is 0 Å². The van der Waals surface area contributed by atoms with Gasteiger partial charge in [0.05, 0.1) is 13.2 Å². The minimum absolute atomic E-state index is 0.165. The second-order valence-electron chi connectivity index (χ2n) is 2.64. The van der Waals surface area contributed by atoms with Crippen LogP contribution in [0.25, 0.3) is 0 Å². The van der Waals surface area contributed by atoms with E-state index in [0.717, 1.165) is 0 Å². The Morgan fingerprint density at radius 2 is 2.31 bits per heavy atom. The first-order chi connectivity index (χ1) is 6.19. The van der Waals surface area contributed by atoms with Crippen molar-refractivity contribution in [1.82, 2.24) is 0 Å². The zero-order chi connectivity index (χ0) is 9.84. The van der Waals surface area contributed by atoms with E-state index in [1.54, 1.807) is 18.2 Å². The van der Waals surface area contributed by atoms with Gasteiger partial charge in [-0.25, -0.2) is 0 Å². The predicted molar refractivity (Wildman–Crippen MR) is 52.0 cm³/mol. The topological polar surface area (TPSA) is 55.5 Å². The van der Waals surface area contributed by atoms with E-state index < -0.39 is 6.10 Å². The van der Waals surface area contributed by atoms with Crippen molar-refractivity contribution in [2.75, 3.05) is 13.7 Å². The monoisotopic (exact) mass is 201 g/mol. The summed E-state index contributed by atoms with van der Waals surface area (Å²) in [4.78, 5) is 0. The Morgan fingerprint density at radius 1 is 1.62 bits per heavy atom. The van der Waals surface area contributed by atoms with Crippen LogP contribution in [0.1, 0.15) is 11.7 Å². The number of hydrogen-bond acceptors (Lipinski definition) is 3. The first kappa shape index (κ1) is 10.3. The number of hydrogen-bond donors (Lipinski definition) is 2. The Kier molecular flexibility index (Phi) is 3.54. The van der Waals surface area contributed by atoms with E-state index in [1.807, 2.05) is 0 Å². The second kappa shape index (κ2) is 4.46. The number of methoxy groups -OCH3 is 1. The highest BCUT2D eigenvalue weighted by molar-refractivity contribution is 6.30. The number of halogens is 1. The minimum atomic E-state index is -0.702. The molecule has 0 amide bonds. The molecule has 72 valence electrons. The first-order valence-electron chi connectivity index (χ1n) is 3.90. The average Bonchev–Trinajstić information content (AvgIpc) is 2.16. The van der Waals surface area contributed by atoms with Crippen LogP contribution in [0.15, 0.2) is 18.2 Å². The standard InChI is InChI=1S/C9H12ClNO2/c1-13-9-4-6(10)2-3-7(9)8(12)5-11/h2-4,8,12H,5,11H2,1H3/t8-/m0/s1. The van der Waals surface area contributed by atoms with Gasteiger partial charge in [-0.3, -0.25) is 0 Å². The summed E-state index contributed by atoms with van der Waals surface area (Å²) in [6.07, 6.45) is -0.702. The highest BCUT2D eigenvalue weighted by atomic mass is 35.5. The van der Waals surface area contributed by atoms with E-state index in [1.165, 1.54) is 7.11 Å². The molecule has 3 nitrogen and oxygen atoms in total. The Labute approximate surface area is 82.1 Å². The number of benzene rings is 1. The fourth-order valence-electron chi connectivity index (χ4n) is 1.09. The number of nitrogens with two attached hydrogens (primary N) is 1. The smallest absolute Gasteiger partial charge is 0.126 e. The van der Waals surface area contributed by atoms with Gasteiger partial charge >= 0.3 is 0 Å². The third-order valence-electron chi connectivity index (χ3n) is 1.78. The predicted octanol–water partition coefficient (Wildman–Crippen LogP) is 1.34. The van der Waals surface area contributed by atoms with E-state index in [0.29, 0.717) is 16.3 Å². The number of aliphatic hydroxyl groups is 1. The lowest BCUT2D eigenvalue weighted by Gasteiger charge is -2.12. The lowest BCUT2D eigenvalue weighted by Crippen LogP contribution is -2.12. The normalized spacial score (nSPS) is 12.6. The number of aliphatic hydroxyl groups excluding tert-OH is 1. The minimum Gasteiger partial charge on any atom is -0.496 e. The van der Waals surface area contributed by atoms with Crippen LogP contribution in [0.2, 0.25) is 5.02 Å². The highest BCUT2D eigenvalue weighted by Crippen LogP contribution is 2.27. The van der Waals surface area contributed by atoms with Gasteiger partial charge in [-0.1, -0.05) is 17.7 Å². The van der Waals surface area contributed by atoms with E-state index in [9.17, 15) is 5.11 Å². The zero-order valence-electron chi connectivity index (χ0n) is 7.33. The molecule has 0 saturated heterocycles. The Morgan fingerprint density at radius 3 is 2.85 bits per heavy atom. The van der Waals surface area contributed by atoms with Crippen molar-refractivity contribution >= 4 is 11.6 Å². The fraction of sp³-hybridized carbons (Fsp3) is 0.333. The maximum Gasteiger partial charge on any atom is 0.126 e. The molecule has 0 heterocycles. The Bertz CT molecular complexity index is 291. The van der Waals surface area contributed by atoms with Crippen molar-refractivity contribution < 1.29 is 9.84 Å². The van der Waals surface area contributed by atoms with Crippen molar-refractivity contribution in [2.45, 2.75) is 6.10 Å². The molecule has 0 bridgehead atoms. The fourth-order valence-corrected chi connectivity index (χ4v) is 1.25. The van der Waals surface area contributed by atoms with Crippen LogP contribution in [0.3, 0.4) is 0 Å². The van der Waals surface area contributed by atoms with Crippen molar-refractivity contribution in [1.29, 1.82) is 0 Å². The van der Waals surface area contributed by atoms with Crippen molar-refractivity contribution in [2.24, 2.45) is 5.73 Å². The number of ether oxygens (including phenoxy) is 1. The van der Waals surface area contributed by atoms with Gasteiger partial charge in [0.15, 0.2) is 0 Å². The third-order valence-corrected chi connectivity index (χ3v) is 2.01. The summed E-state index contributed by atoms with van der Waals surface area (Å²) in [5.41, 5.74) is 5.99. The molecular weight excluding hydrogens is 190 g/mol. The van der Waals surface area contributed by atoms with Crippen LogP contribution in [-0.4, -0.2) is 18.8 Å². The second-order valence-corrected chi connectivity index (χ2v) is 3.07. The lowest BCUT2D eigenvalue weighted by molar-refractivity contribution is 0.182. The molecule has 1 aromatic carbocycles. The van der Waals surface area contributed by atoms with Gasteiger partial charge < -0.3 is 15.6 Å². The van der Waals surface area contributed by atoms with Crippen LogP contribution in [0, 0.1) is 0 Å². The maximum absolute atomic E-state index is 9.48. The molecule has 0 fully saturated rings. The average molecular weight is 202 g/mol. The Hall–Kier alpha value is -0.770. The third kappa shape index (κ3) is 2.34. The molecule has 0 radical (unpaired) electrons. The molecule has 0 aliphatic heterocycles. The molecule has 0 spiro atoms. The molecule has 13 heavy (non-hydrogen) atoms. The molecule has 3 N–H and O–H groups in total. The van der Waals surface area contributed by atoms with E-state index in [-0.39, 0.29) is 6.54 Å². The maximum atomic E-state index is 9.48. The van der Waals surface area contributed by atoms with Gasteiger partial charge in [-0.05, 0) is 12.1 Å². The number of rotatable bonds is 3. The summed E-state index contributed by atoms with van der Waals surface area (Å²) >= 11 is 5.75. The molecule has 1 aromatic rings. The molecule has 4 heteroatoms.